The molecule has 33 heavy (non-hydrogen) atoms. The molecule has 3 aliphatic heterocycles. The van der Waals surface area contributed by atoms with E-state index in [2.05, 4.69) is 15.5 Å². The van der Waals surface area contributed by atoms with E-state index >= 15 is 0 Å². The molecule has 1 aromatic heterocycles. The van der Waals surface area contributed by atoms with Crippen LogP contribution in [0.3, 0.4) is 0 Å². The highest BCUT2D eigenvalue weighted by Gasteiger charge is 2.56. The Morgan fingerprint density at radius 3 is 2.18 bits per heavy atom. The van der Waals surface area contributed by atoms with Crippen molar-refractivity contribution in [3.63, 3.8) is 0 Å². The molecule has 1 atom stereocenters. The Bertz CT molecular complexity index is 818. The topological polar surface area (TPSA) is 101 Å². The van der Waals surface area contributed by atoms with Gasteiger partial charge >= 0.3 is 12.0 Å². The number of halogens is 1. The molecule has 1 aromatic rings. The van der Waals surface area contributed by atoms with Crippen LogP contribution in [0.4, 0.5) is 10.6 Å². The molecule has 0 spiro atoms. The first-order valence-corrected chi connectivity index (χ1v) is 12.4. The number of urea groups is 1. The summed E-state index contributed by atoms with van der Waals surface area (Å²) in [5.41, 5.74) is -1.37. The number of nitrogens with one attached hydrogen (secondary N) is 1. The normalized spacial score (nSPS) is 30.1. The summed E-state index contributed by atoms with van der Waals surface area (Å²) in [4.78, 5) is 26.7. The molecule has 2 amide bonds. The van der Waals surface area contributed by atoms with Crippen molar-refractivity contribution in [3.8, 4) is 0 Å². The molecule has 3 saturated heterocycles. The van der Waals surface area contributed by atoms with Gasteiger partial charge in [-0.25, -0.2) is 14.1 Å². The number of aromatic nitrogens is 2. The van der Waals surface area contributed by atoms with E-state index in [0.29, 0.717) is 12.4 Å². The molecule has 5 fully saturated rings. The zero-order chi connectivity index (χ0) is 22.2. The van der Waals surface area contributed by atoms with Gasteiger partial charge in [-0.05, 0) is 49.7 Å². The first-order chi connectivity index (χ1) is 15.5. The fraction of sp³-hybridized carbons (Fsp3) is 0.750. The lowest BCUT2D eigenvalue weighted by Gasteiger charge is -2.50. The summed E-state index contributed by atoms with van der Waals surface area (Å²) in [6, 6.07) is 3.34. The van der Waals surface area contributed by atoms with Crippen LogP contribution in [0.2, 0.25) is 0 Å². The second kappa shape index (κ2) is 9.96. The van der Waals surface area contributed by atoms with Crippen molar-refractivity contribution in [1.29, 1.82) is 0 Å². The van der Waals surface area contributed by atoms with Crippen LogP contribution < -0.4 is 22.3 Å². The molecule has 8 nitrogen and oxygen atoms in total. The highest BCUT2D eigenvalue weighted by Crippen LogP contribution is 2.46. The first-order valence-electron chi connectivity index (χ1n) is 12.4. The van der Waals surface area contributed by atoms with Crippen molar-refractivity contribution in [2.45, 2.75) is 75.9 Å². The summed E-state index contributed by atoms with van der Waals surface area (Å²) in [5.74, 6) is 0.273. The van der Waals surface area contributed by atoms with E-state index < -0.39 is 11.6 Å². The Labute approximate surface area is 205 Å². The number of aliphatic hydroxyl groups is 1. The number of hydrogen-bond donors (Lipinski definition) is 2. The number of fused-ring (bicyclic) bond motifs is 3. The zero-order valence-corrected chi connectivity index (χ0v) is 20.7. The number of amides is 2. The number of carbonyl (C=O) groups excluding carboxylic acids is 2. The van der Waals surface area contributed by atoms with Crippen LogP contribution in [0.5, 0.6) is 0 Å². The largest absolute Gasteiger partial charge is 1.00 e. The monoisotopic (exact) mass is 522 g/mol. The molecule has 5 aliphatic rings. The number of piperidine rings is 3. The lowest BCUT2D eigenvalue weighted by molar-refractivity contribution is -0.869. The number of hydrogen-bond acceptors (Lipinski definition) is 6. The van der Waals surface area contributed by atoms with E-state index in [-0.39, 0.29) is 51.4 Å². The predicted octanol–water partition coefficient (Wildman–Crippen LogP) is 0.276. The van der Waals surface area contributed by atoms with Gasteiger partial charge in [-0.15, -0.1) is 5.10 Å². The highest BCUT2D eigenvalue weighted by molar-refractivity contribution is 5.83. The van der Waals surface area contributed by atoms with Gasteiger partial charge in [0.2, 0.25) is 0 Å². The number of ether oxygens (including phenoxy) is 1. The third kappa shape index (κ3) is 4.56. The Morgan fingerprint density at radius 2 is 1.64 bits per heavy atom. The number of nitrogens with zero attached hydrogens (tertiary/aromatic N) is 3. The number of anilines is 1. The fourth-order valence-corrected chi connectivity index (χ4v) is 6.78. The van der Waals surface area contributed by atoms with Crippen LogP contribution in [-0.2, 0) is 9.53 Å². The number of esters is 1. The lowest BCUT2D eigenvalue weighted by atomic mass is 9.74. The number of rotatable bonds is 5. The van der Waals surface area contributed by atoms with Gasteiger partial charge < -0.3 is 26.8 Å². The second-order valence-corrected chi connectivity index (χ2v) is 10.4. The maximum absolute atomic E-state index is 13.6. The van der Waals surface area contributed by atoms with Crippen molar-refractivity contribution in [3.05, 3.63) is 18.3 Å². The average Bonchev–Trinajstić information content (AvgIpc) is 3.55. The molecule has 2 saturated carbocycles. The van der Waals surface area contributed by atoms with E-state index in [1.165, 1.54) is 0 Å². The standard InChI is InChI=1S/C24H34N4O4.BrH/c29-22(24(31,18-6-1-2-7-18)19-8-3-4-9-19)32-20-16-28(14-11-17(20)12-15-28)23(30)26-21-10-5-13-25-27-21;/h5,10,13,17-20,31H,1-4,6-9,11-12,14-16H2;1H/t17?,20-,28?;/m0./s1. The Hall–Kier alpha value is -1.58. The minimum Gasteiger partial charge on any atom is -1.00 e. The molecule has 0 unspecified atom stereocenters. The Morgan fingerprint density at radius 1 is 1.03 bits per heavy atom. The number of carbonyl (C=O) groups is 2. The van der Waals surface area contributed by atoms with E-state index in [0.717, 1.165) is 77.3 Å². The highest BCUT2D eigenvalue weighted by atomic mass is 79.9. The van der Waals surface area contributed by atoms with Crippen molar-refractivity contribution in [1.82, 2.24) is 10.2 Å². The average molecular weight is 523 g/mol. The fourth-order valence-electron chi connectivity index (χ4n) is 6.78. The summed E-state index contributed by atoms with van der Waals surface area (Å²) in [7, 11) is 0. The van der Waals surface area contributed by atoms with Crippen LogP contribution in [-0.4, -0.2) is 63.1 Å². The van der Waals surface area contributed by atoms with E-state index in [9.17, 15) is 14.7 Å². The van der Waals surface area contributed by atoms with Crippen LogP contribution in [0.15, 0.2) is 18.3 Å². The minimum atomic E-state index is -1.37. The predicted molar refractivity (Wildman–Crippen MR) is 117 cm³/mol. The third-order valence-corrected chi connectivity index (χ3v) is 8.69. The van der Waals surface area contributed by atoms with Gasteiger partial charge in [0, 0.05) is 25.0 Å². The quantitative estimate of drug-likeness (QED) is 0.425. The lowest BCUT2D eigenvalue weighted by Crippen LogP contribution is -3.00. The second-order valence-electron chi connectivity index (χ2n) is 10.4. The van der Waals surface area contributed by atoms with Gasteiger partial charge in [-0.2, -0.15) is 5.10 Å². The molecular weight excluding hydrogens is 488 g/mol. The maximum Gasteiger partial charge on any atom is 0.422 e. The summed E-state index contributed by atoms with van der Waals surface area (Å²) in [5, 5.41) is 22.5. The third-order valence-electron chi connectivity index (χ3n) is 8.69. The molecule has 2 aliphatic carbocycles. The molecule has 6 rings (SSSR count). The van der Waals surface area contributed by atoms with Crippen LogP contribution in [0.1, 0.15) is 64.2 Å². The van der Waals surface area contributed by atoms with Crippen molar-refractivity contribution >= 4 is 17.8 Å². The van der Waals surface area contributed by atoms with Gasteiger partial charge in [0.1, 0.15) is 6.54 Å². The summed E-state index contributed by atoms with van der Waals surface area (Å²) in [6.07, 6.45) is 10.8. The summed E-state index contributed by atoms with van der Waals surface area (Å²) in [6.45, 7) is 1.94. The Kier molecular flexibility index (Phi) is 7.41. The smallest absolute Gasteiger partial charge is 0.422 e. The van der Waals surface area contributed by atoms with Gasteiger partial charge in [-0.3, -0.25) is 5.32 Å². The number of quaternary nitrogens is 1. The zero-order valence-electron chi connectivity index (χ0n) is 19.1. The Balaban J connectivity index is 0.00000259. The van der Waals surface area contributed by atoms with Crippen molar-refractivity contribution < 1.29 is 40.9 Å². The summed E-state index contributed by atoms with van der Waals surface area (Å²) >= 11 is 0. The molecule has 182 valence electrons. The molecular formula is C24H35BrN4O4. The van der Waals surface area contributed by atoms with Gasteiger partial charge in [0.25, 0.3) is 0 Å². The van der Waals surface area contributed by atoms with E-state index in [4.69, 9.17) is 4.74 Å². The van der Waals surface area contributed by atoms with Gasteiger partial charge in [-0.1, -0.05) is 25.7 Å². The molecule has 4 heterocycles. The minimum absolute atomic E-state index is 0. The van der Waals surface area contributed by atoms with E-state index in [1.54, 1.807) is 18.3 Å². The van der Waals surface area contributed by atoms with Crippen molar-refractivity contribution in [2.75, 3.05) is 25.0 Å². The molecule has 0 radical (unpaired) electrons. The van der Waals surface area contributed by atoms with Crippen LogP contribution >= 0.6 is 0 Å². The van der Waals surface area contributed by atoms with Crippen molar-refractivity contribution in [2.24, 2.45) is 17.8 Å². The van der Waals surface area contributed by atoms with E-state index in [1.807, 2.05) is 0 Å². The molecule has 2 bridgehead atoms. The van der Waals surface area contributed by atoms with Crippen LogP contribution in [0.25, 0.3) is 0 Å². The molecule has 0 aromatic carbocycles. The maximum atomic E-state index is 13.6. The van der Waals surface area contributed by atoms with Crippen LogP contribution in [0, 0.1) is 17.8 Å². The van der Waals surface area contributed by atoms with Gasteiger partial charge in [0.15, 0.2) is 17.5 Å². The summed E-state index contributed by atoms with van der Waals surface area (Å²) < 4.78 is 6.37. The molecule has 2 N–H and O–H groups in total. The molecule has 9 heteroatoms. The van der Waals surface area contributed by atoms with Gasteiger partial charge in [0.05, 0.1) is 13.1 Å². The first kappa shape index (κ1) is 24.5. The SMILES string of the molecule is O=C(O[C@H]1C[N+]2(C(=O)Nc3cccnn3)CCC1CC2)C(O)(C1CCCC1)C1CCCC1.[Br-].